The van der Waals surface area contributed by atoms with E-state index in [1.54, 1.807) is 20.3 Å². The molecule has 25 heavy (non-hydrogen) atoms. The number of imide groups is 1. The number of carbonyl (C=O) groups is 2. The maximum Gasteiger partial charge on any atom is 0.321 e. The molecule has 0 aliphatic carbocycles. The van der Waals surface area contributed by atoms with E-state index in [9.17, 15) is 9.59 Å². The fourth-order valence-electron chi connectivity index (χ4n) is 3.03. The average molecular weight is 347 g/mol. The molecule has 0 unspecified atom stereocenters. The maximum atomic E-state index is 12.1. The Kier molecular flexibility index (Phi) is 6.82. The van der Waals surface area contributed by atoms with Crippen LogP contribution in [0.4, 0.5) is 4.79 Å². The van der Waals surface area contributed by atoms with E-state index in [2.05, 4.69) is 17.2 Å². The molecule has 7 heteroatoms. The van der Waals surface area contributed by atoms with Crippen LogP contribution in [0.5, 0.6) is 11.5 Å². The first kappa shape index (κ1) is 18.8. The van der Waals surface area contributed by atoms with Crippen LogP contribution in [-0.4, -0.2) is 50.7 Å². The molecule has 1 atom stereocenters. The van der Waals surface area contributed by atoms with Crippen molar-refractivity contribution >= 4 is 11.9 Å². The van der Waals surface area contributed by atoms with Crippen molar-refractivity contribution < 1.29 is 19.1 Å². The zero-order valence-corrected chi connectivity index (χ0v) is 14.7. The quantitative estimate of drug-likeness (QED) is 0.736. The minimum Gasteiger partial charge on any atom is -0.497 e. The first-order chi connectivity index (χ1) is 12.1. The lowest BCUT2D eigenvalue weighted by Crippen LogP contribution is -2.44. The topological polar surface area (TPSA) is 79.9 Å². The van der Waals surface area contributed by atoms with Crippen LogP contribution >= 0.6 is 0 Å². The van der Waals surface area contributed by atoms with E-state index in [1.165, 1.54) is 0 Å². The number of hydrogen-bond donors (Lipinski definition) is 2. The van der Waals surface area contributed by atoms with E-state index in [-0.39, 0.29) is 18.5 Å². The Morgan fingerprint density at radius 3 is 2.84 bits per heavy atom. The monoisotopic (exact) mass is 347 g/mol. The first-order valence-electron chi connectivity index (χ1n) is 8.23. The summed E-state index contributed by atoms with van der Waals surface area (Å²) in [6.45, 7) is 4.75. The van der Waals surface area contributed by atoms with Gasteiger partial charge in [-0.2, -0.15) is 0 Å². The Balaban J connectivity index is 2.06. The zero-order valence-electron chi connectivity index (χ0n) is 14.7. The molecule has 0 radical (unpaired) electrons. The molecule has 2 rings (SSSR count). The summed E-state index contributed by atoms with van der Waals surface area (Å²) in [6, 6.07) is 5.19. The van der Waals surface area contributed by atoms with E-state index in [0.29, 0.717) is 6.54 Å². The number of hydrogen-bond acceptors (Lipinski definition) is 5. The summed E-state index contributed by atoms with van der Waals surface area (Å²) in [6.07, 6.45) is 3.44. The lowest BCUT2D eigenvalue weighted by molar-refractivity contribution is -0.121. The number of methoxy groups -OCH3 is 2. The number of rotatable bonds is 7. The maximum absolute atomic E-state index is 12.1. The summed E-state index contributed by atoms with van der Waals surface area (Å²) in [7, 11) is 3.24. The molecular weight excluding hydrogens is 322 g/mol. The van der Waals surface area contributed by atoms with Gasteiger partial charge in [-0.15, -0.1) is 6.58 Å². The van der Waals surface area contributed by atoms with E-state index in [0.717, 1.165) is 36.4 Å². The minimum atomic E-state index is -0.514. The van der Waals surface area contributed by atoms with Crippen LogP contribution in [0.15, 0.2) is 30.9 Å². The third kappa shape index (κ3) is 4.96. The van der Waals surface area contributed by atoms with Gasteiger partial charge in [-0.3, -0.25) is 15.0 Å². The molecule has 7 nitrogen and oxygen atoms in total. The number of nitrogens with one attached hydrogen (secondary N) is 2. The van der Waals surface area contributed by atoms with E-state index in [1.807, 2.05) is 23.1 Å². The van der Waals surface area contributed by atoms with Gasteiger partial charge in [-0.05, 0) is 37.6 Å². The summed E-state index contributed by atoms with van der Waals surface area (Å²) >= 11 is 0. The highest BCUT2D eigenvalue weighted by molar-refractivity contribution is 5.95. The summed E-state index contributed by atoms with van der Waals surface area (Å²) < 4.78 is 10.8. The van der Waals surface area contributed by atoms with Gasteiger partial charge >= 0.3 is 6.03 Å². The Morgan fingerprint density at radius 1 is 1.36 bits per heavy atom. The molecule has 1 aromatic rings. The van der Waals surface area contributed by atoms with Crippen molar-refractivity contribution in [3.8, 4) is 11.5 Å². The molecule has 1 aliphatic rings. The Hall–Kier alpha value is -2.54. The van der Waals surface area contributed by atoms with Crippen LogP contribution in [0.25, 0.3) is 0 Å². The number of nitrogens with zero attached hydrogens (tertiary/aromatic N) is 1. The molecule has 0 bridgehead atoms. The predicted molar refractivity (Wildman–Crippen MR) is 94.8 cm³/mol. The number of ether oxygens (including phenoxy) is 2. The van der Waals surface area contributed by atoms with Crippen LogP contribution < -0.4 is 20.1 Å². The molecule has 3 amide bonds. The van der Waals surface area contributed by atoms with Gasteiger partial charge in [0.25, 0.3) is 0 Å². The number of carbonyl (C=O) groups excluding carboxylic acids is 2. The highest BCUT2D eigenvalue weighted by atomic mass is 16.5. The normalized spacial score (nSPS) is 17.0. The highest BCUT2D eigenvalue weighted by Gasteiger charge is 2.30. The fraction of sp³-hybridized carbons (Fsp3) is 0.444. The average Bonchev–Trinajstić information content (AvgIpc) is 3.06. The SMILES string of the molecule is C=CCNC(=O)NC(=O)CN1CCC[C@@H]1c1cc(OC)ccc1OC. The van der Waals surface area contributed by atoms with Gasteiger partial charge in [0.1, 0.15) is 11.5 Å². The molecule has 0 aromatic heterocycles. The Labute approximate surface area is 148 Å². The molecule has 1 heterocycles. The van der Waals surface area contributed by atoms with Crippen molar-refractivity contribution in [1.82, 2.24) is 15.5 Å². The summed E-state index contributed by atoms with van der Waals surface area (Å²) in [5, 5.41) is 4.85. The second kappa shape index (κ2) is 9.08. The molecule has 0 saturated carbocycles. The van der Waals surface area contributed by atoms with Crippen LogP contribution in [0.1, 0.15) is 24.4 Å². The van der Waals surface area contributed by atoms with Gasteiger partial charge in [0.2, 0.25) is 5.91 Å². The van der Waals surface area contributed by atoms with Crippen LogP contribution in [0, 0.1) is 0 Å². The molecule has 1 aromatic carbocycles. The van der Waals surface area contributed by atoms with Crippen molar-refractivity contribution in [2.24, 2.45) is 0 Å². The zero-order chi connectivity index (χ0) is 18.2. The lowest BCUT2D eigenvalue weighted by atomic mass is 10.0. The second-order valence-electron chi connectivity index (χ2n) is 5.78. The Bertz CT molecular complexity index is 633. The molecule has 2 N–H and O–H groups in total. The van der Waals surface area contributed by atoms with Crippen LogP contribution in [0.3, 0.4) is 0 Å². The van der Waals surface area contributed by atoms with E-state index < -0.39 is 6.03 Å². The minimum absolute atomic E-state index is 0.0482. The molecule has 1 fully saturated rings. The standard InChI is InChI=1S/C18H25N3O4/c1-4-9-19-18(23)20-17(22)12-21-10-5-6-15(21)14-11-13(24-2)7-8-16(14)25-3/h4,7-8,11,15H,1,5-6,9-10,12H2,2-3H3,(H2,19,20,22,23)/t15-/m1/s1. The fourth-order valence-corrected chi connectivity index (χ4v) is 3.03. The van der Waals surface area contributed by atoms with Gasteiger partial charge < -0.3 is 14.8 Å². The highest BCUT2D eigenvalue weighted by Crippen LogP contribution is 2.38. The van der Waals surface area contributed by atoms with Crippen molar-refractivity contribution in [1.29, 1.82) is 0 Å². The number of likely N-dealkylation sites (tertiary alicyclic amines) is 1. The van der Waals surface area contributed by atoms with Crippen molar-refractivity contribution in [3.63, 3.8) is 0 Å². The summed E-state index contributed by atoms with van der Waals surface area (Å²) in [5.41, 5.74) is 0.989. The van der Waals surface area contributed by atoms with Gasteiger partial charge in [0.05, 0.1) is 20.8 Å². The molecule has 136 valence electrons. The molecule has 1 aliphatic heterocycles. The molecule has 1 saturated heterocycles. The van der Waals surface area contributed by atoms with Gasteiger partial charge in [-0.25, -0.2) is 4.79 Å². The number of urea groups is 1. The Morgan fingerprint density at radius 2 is 2.16 bits per heavy atom. The molecule has 0 spiro atoms. The van der Waals surface area contributed by atoms with Gasteiger partial charge in [0, 0.05) is 18.2 Å². The van der Waals surface area contributed by atoms with E-state index >= 15 is 0 Å². The predicted octanol–water partition coefficient (Wildman–Crippen LogP) is 1.85. The summed E-state index contributed by atoms with van der Waals surface area (Å²) in [5.74, 6) is 1.17. The largest absolute Gasteiger partial charge is 0.497 e. The van der Waals surface area contributed by atoms with Crippen molar-refractivity contribution in [2.75, 3.05) is 33.9 Å². The van der Waals surface area contributed by atoms with Crippen LogP contribution in [0.2, 0.25) is 0 Å². The lowest BCUT2D eigenvalue weighted by Gasteiger charge is -2.25. The van der Waals surface area contributed by atoms with Crippen molar-refractivity contribution in [2.45, 2.75) is 18.9 Å². The smallest absolute Gasteiger partial charge is 0.321 e. The number of benzene rings is 1. The van der Waals surface area contributed by atoms with Gasteiger partial charge in [0.15, 0.2) is 0 Å². The van der Waals surface area contributed by atoms with E-state index in [4.69, 9.17) is 9.47 Å². The number of amides is 3. The van der Waals surface area contributed by atoms with Crippen molar-refractivity contribution in [3.05, 3.63) is 36.4 Å². The first-order valence-corrected chi connectivity index (χ1v) is 8.23. The summed E-state index contributed by atoms with van der Waals surface area (Å²) in [4.78, 5) is 25.8. The van der Waals surface area contributed by atoms with Crippen LogP contribution in [-0.2, 0) is 4.79 Å². The molecular formula is C18H25N3O4. The third-order valence-electron chi connectivity index (χ3n) is 4.17. The van der Waals surface area contributed by atoms with Gasteiger partial charge in [-0.1, -0.05) is 6.08 Å². The second-order valence-corrected chi connectivity index (χ2v) is 5.78. The third-order valence-corrected chi connectivity index (χ3v) is 4.17.